The topological polar surface area (TPSA) is 58.1 Å². The molecule has 1 aromatic heterocycles. The van der Waals surface area contributed by atoms with Gasteiger partial charge in [-0.05, 0) is 37.5 Å². The minimum absolute atomic E-state index is 0.0674. The van der Waals surface area contributed by atoms with Crippen LogP contribution in [0.15, 0.2) is 29.0 Å². The monoisotopic (exact) mass is 360 g/mol. The summed E-state index contributed by atoms with van der Waals surface area (Å²) in [5, 5.41) is 4.14. The van der Waals surface area contributed by atoms with Crippen molar-refractivity contribution in [2.75, 3.05) is 18.0 Å². The van der Waals surface area contributed by atoms with Gasteiger partial charge in [-0.25, -0.2) is 9.97 Å². The molecule has 1 amide bonds. The molecule has 1 saturated heterocycles. The molecular weight excluding hydrogens is 344 g/mol. The molecule has 1 unspecified atom stereocenters. The van der Waals surface area contributed by atoms with E-state index >= 15 is 0 Å². The Hall–Kier alpha value is -1.69. The average Bonchev–Trinajstić information content (AvgIpc) is 3.19. The number of amides is 1. The minimum Gasteiger partial charge on any atom is -0.355 e. The SMILES string of the molecule is O=C(NC1CC1)C1CCN(c2ncnc3ccc(Br)cc23)C1. The van der Waals surface area contributed by atoms with Gasteiger partial charge in [-0.15, -0.1) is 0 Å². The van der Waals surface area contributed by atoms with Crippen molar-refractivity contribution in [2.45, 2.75) is 25.3 Å². The van der Waals surface area contributed by atoms with Crippen molar-refractivity contribution >= 4 is 38.6 Å². The molecule has 2 aromatic rings. The van der Waals surface area contributed by atoms with Crippen LogP contribution in [0.4, 0.5) is 5.82 Å². The molecular formula is C16H17BrN4O. The summed E-state index contributed by atoms with van der Waals surface area (Å²) in [6.45, 7) is 1.60. The Morgan fingerprint density at radius 1 is 1.27 bits per heavy atom. The first kappa shape index (κ1) is 13.9. The number of rotatable bonds is 3. The number of hydrogen-bond donors (Lipinski definition) is 1. The molecule has 2 fully saturated rings. The molecule has 1 atom stereocenters. The van der Waals surface area contributed by atoms with E-state index in [1.807, 2.05) is 18.2 Å². The Bertz CT molecular complexity index is 731. The second-order valence-electron chi connectivity index (χ2n) is 6.07. The van der Waals surface area contributed by atoms with Gasteiger partial charge in [-0.3, -0.25) is 4.79 Å². The van der Waals surface area contributed by atoms with Gasteiger partial charge in [0.2, 0.25) is 5.91 Å². The number of benzene rings is 1. The largest absolute Gasteiger partial charge is 0.355 e. The maximum absolute atomic E-state index is 12.2. The van der Waals surface area contributed by atoms with Crippen LogP contribution in [0.5, 0.6) is 0 Å². The van der Waals surface area contributed by atoms with Crippen LogP contribution < -0.4 is 10.2 Å². The third kappa shape index (κ3) is 2.67. The molecule has 1 aromatic carbocycles. The highest BCUT2D eigenvalue weighted by atomic mass is 79.9. The molecule has 1 saturated carbocycles. The summed E-state index contributed by atoms with van der Waals surface area (Å²) in [5.74, 6) is 1.19. The summed E-state index contributed by atoms with van der Waals surface area (Å²) in [7, 11) is 0. The summed E-state index contributed by atoms with van der Waals surface area (Å²) >= 11 is 3.51. The Balaban J connectivity index is 1.57. The van der Waals surface area contributed by atoms with Crippen molar-refractivity contribution in [1.82, 2.24) is 15.3 Å². The van der Waals surface area contributed by atoms with Crippen molar-refractivity contribution in [3.8, 4) is 0 Å². The van der Waals surface area contributed by atoms with Crippen molar-refractivity contribution in [3.63, 3.8) is 0 Å². The molecule has 5 nitrogen and oxygen atoms in total. The Morgan fingerprint density at radius 3 is 2.95 bits per heavy atom. The maximum atomic E-state index is 12.2. The first-order valence-electron chi connectivity index (χ1n) is 7.66. The zero-order valence-electron chi connectivity index (χ0n) is 12.1. The van der Waals surface area contributed by atoms with Crippen LogP contribution in [0.1, 0.15) is 19.3 Å². The van der Waals surface area contributed by atoms with Crippen LogP contribution in [0.2, 0.25) is 0 Å². The zero-order chi connectivity index (χ0) is 15.1. The number of halogens is 1. The summed E-state index contributed by atoms with van der Waals surface area (Å²) in [6.07, 6.45) is 4.75. The lowest BCUT2D eigenvalue weighted by Crippen LogP contribution is -2.34. The van der Waals surface area contributed by atoms with Crippen LogP contribution in [-0.2, 0) is 4.79 Å². The molecule has 6 heteroatoms. The Labute approximate surface area is 137 Å². The molecule has 1 N–H and O–H groups in total. The van der Waals surface area contributed by atoms with E-state index in [9.17, 15) is 4.79 Å². The second-order valence-corrected chi connectivity index (χ2v) is 6.99. The predicted octanol–water partition coefficient (Wildman–Crippen LogP) is 2.50. The minimum atomic E-state index is 0.0674. The molecule has 2 heterocycles. The smallest absolute Gasteiger partial charge is 0.225 e. The highest BCUT2D eigenvalue weighted by Crippen LogP contribution is 2.30. The molecule has 22 heavy (non-hydrogen) atoms. The van der Waals surface area contributed by atoms with Gasteiger partial charge in [0.15, 0.2) is 0 Å². The van der Waals surface area contributed by atoms with E-state index in [0.29, 0.717) is 6.04 Å². The van der Waals surface area contributed by atoms with Gasteiger partial charge in [0.1, 0.15) is 12.1 Å². The molecule has 1 aliphatic heterocycles. The van der Waals surface area contributed by atoms with Gasteiger partial charge >= 0.3 is 0 Å². The summed E-state index contributed by atoms with van der Waals surface area (Å²) in [4.78, 5) is 23.2. The van der Waals surface area contributed by atoms with Crippen molar-refractivity contribution < 1.29 is 4.79 Å². The molecule has 0 spiro atoms. The van der Waals surface area contributed by atoms with Gasteiger partial charge in [0.05, 0.1) is 11.4 Å². The standard InChI is InChI=1S/C16H17BrN4O/c17-11-1-4-14-13(7-11)15(19-9-18-14)21-6-5-10(8-21)16(22)20-12-2-3-12/h1,4,7,9-10,12H,2-3,5-6,8H2,(H,20,22). The van der Waals surface area contributed by atoms with Crippen LogP contribution in [-0.4, -0.2) is 35.0 Å². The highest BCUT2D eigenvalue weighted by molar-refractivity contribution is 9.10. The quantitative estimate of drug-likeness (QED) is 0.913. The normalized spacial score (nSPS) is 21.3. The van der Waals surface area contributed by atoms with Crippen molar-refractivity contribution in [3.05, 3.63) is 29.0 Å². The maximum Gasteiger partial charge on any atom is 0.225 e. The first-order valence-corrected chi connectivity index (χ1v) is 8.45. The number of aromatic nitrogens is 2. The van der Waals surface area contributed by atoms with Gasteiger partial charge < -0.3 is 10.2 Å². The number of fused-ring (bicyclic) bond motifs is 1. The van der Waals surface area contributed by atoms with Crippen LogP contribution in [0.3, 0.4) is 0 Å². The number of nitrogens with one attached hydrogen (secondary N) is 1. The van der Waals surface area contributed by atoms with Crippen LogP contribution in [0.25, 0.3) is 10.9 Å². The average molecular weight is 361 g/mol. The highest BCUT2D eigenvalue weighted by Gasteiger charge is 2.33. The molecule has 2 aliphatic rings. The number of carbonyl (C=O) groups excluding carboxylic acids is 1. The summed E-state index contributed by atoms with van der Waals surface area (Å²) in [5.41, 5.74) is 0.930. The van der Waals surface area contributed by atoms with Gasteiger partial charge in [-0.1, -0.05) is 15.9 Å². The van der Waals surface area contributed by atoms with Gasteiger partial charge in [0.25, 0.3) is 0 Å². The van der Waals surface area contributed by atoms with E-state index in [1.54, 1.807) is 6.33 Å². The van der Waals surface area contributed by atoms with E-state index in [0.717, 1.165) is 53.5 Å². The molecule has 114 valence electrons. The predicted molar refractivity (Wildman–Crippen MR) is 88.7 cm³/mol. The molecule has 1 aliphatic carbocycles. The molecule has 0 radical (unpaired) electrons. The molecule has 0 bridgehead atoms. The number of nitrogens with zero attached hydrogens (tertiary/aromatic N) is 3. The first-order chi connectivity index (χ1) is 10.7. The number of anilines is 1. The fourth-order valence-corrected chi connectivity index (χ4v) is 3.34. The lowest BCUT2D eigenvalue weighted by Gasteiger charge is -2.19. The third-order valence-electron chi connectivity index (χ3n) is 4.36. The molecule has 4 rings (SSSR count). The van der Waals surface area contributed by atoms with E-state index in [-0.39, 0.29) is 11.8 Å². The number of carbonyl (C=O) groups is 1. The summed E-state index contributed by atoms with van der Waals surface area (Å²) < 4.78 is 1.01. The van der Waals surface area contributed by atoms with Crippen LogP contribution >= 0.6 is 15.9 Å². The zero-order valence-corrected chi connectivity index (χ0v) is 13.7. The van der Waals surface area contributed by atoms with Crippen molar-refractivity contribution in [1.29, 1.82) is 0 Å². The Morgan fingerprint density at radius 2 is 2.14 bits per heavy atom. The Kier molecular flexibility index (Phi) is 3.48. The lowest BCUT2D eigenvalue weighted by atomic mass is 10.1. The fraction of sp³-hybridized carbons (Fsp3) is 0.438. The van der Waals surface area contributed by atoms with E-state index < -0.39 is 0 Å². The van der Waals surface area contributed by atoms with E-state index in [1.165, 1.54) is 0 Å². The number of hydrogen-bond acceptors (Lipinski definition) is 4. The second kappa shape index (κ2) is 5.50. The van der Waals surface area contributed by atoms with Gasteiger partial charge in [0, 0.05) is 29.0 Å². The van der Waals surface area contributed by atoms with Crippen molar-refractivity contribution in [2.24, 2.45) is 5.92 Å². The summed E-state index contributed by atoms with van der Waals surface area (Å²) in [6, 6.07) is 6.44. The van der Waals surface area contributed by atoms with Gasteiger partial charge in [-0.2, -0.15) is 0 Å². The third-order valence-corrected chi connectivity index (χ3v) is 4.85. The lowest BCUT2D eigenvalue weighted by molar-refractivity contribution is -0.124. The van der Waals surface area contributed by atoms with Crippen LogP contribution in [0, 0.1) is 5.92 Å². The van der Waals surface area contributed by atoms with E-state index in [2.05, 4.69) is 36.1 Å². The van der Waals surface area contributed by atoms with E-state index in [4.69, 9.17) is 0 Å². The fourth-order valence-electron chi connectivity index (χ4n) is 2.98.